The molecule has 0 radical (unpaired) electrons. The minimum atomic E-state index is -4.01. The predicted molar refractivity (Wildman–Crippen MR) is 115 cm³/mol. The number of sulfonamides is 1. The van der Waals surface area contributed by atoms with E-state index in [0.29, 0.717) is 17.3 Å². The van der Waals surface area contributed by atoms with Crippen LogP contribution in [0.2, 0.25) is 0 Å². The van der Waals surface area contributed by atoms with Gasteiger partial charge in [0.25, 0.3) is 5.91 Å². The Bertz CT molecular complexity index is 1120. The van der Waals surface area contributed by atoms with Crippen LogP contribution in [0.25, 0.3) is 0 Å². The molecular weight excluding hydrogens is 442 g/mol. The molecule has 1 aliphatic heterocycles. The molecule has 3 amide bonds. The normalized spacial score (nSPS) is 15.0. The summed E-state index contributed by atoms with van der Waals surface area (Å²) in [4.78, 5) is 25.9. The summed E-state index contributed by atoms with van der Waals surface area (Å²) in [6, 6.07) is 8.45. The molecule has 0 spiro atoms. The van der Waals surface area contributed by atoms with E-state index < -0.39 is 21.7 Å². The second kappa shape index (κ2) is 9.61. The van der Waals surface area contributed by atoms with Crippen LogP contribution in [-0.4, -0.2) is 61.8 Å². The minimum absolute atomic E-state index is 0.0157. The summed E-state index contributed by atoms with van der Waals surface area (Å²) < 4.78 is 53.1. The monoisotopic (exact) mass is 466 g/mol. The van der Waals surface area contributed by atoms with Crippen LogP contribution >= 0.6 is 0 Å². The SMILES string of the molecule is CC(C)NC(=O)Nc1cccc(C(=O)N2CCN(S(=O)(=O)c3ccc(F)c(F)c3)CC2)c1. The van der Waals surface area contributed by atoms with Gasteiger partial charge in [-0.2, -0.15) is 4.31 Å². The van der Waals surface area contributed by atoms with Gasteiger partial charge in [-0.05, 0) is 50.2 Å². The molecule has 11 heteroatoms. The van der Waals surface area contributed by atoms with E-state index in [4.69, 9.17) is 0 Å². The maximum Gasteiger partial charge on any atom is 0.319 e. The van der Waals surface area contributed by atoms with Crippen LogP contribution < -0.4 is 10.6 Å². The lowest BCUT2D eigenvalue weighted by Crippen LogP contribution is -2.50. The van der Waals surface area contributed by atoms with Crippen LogP contribution in [0.1, 0.15) is 24.2 Å². The zero-order valence-corrected chi connectivity index (χ0v) is 18.5. The Kier molecular flexibility index (Phi) is 7.09. The number of carbonyl (C=O) groups excluding carboxylic acids is 2. The Balaban J connectivity index is 1.65. The number of carbonyl (C=O) groups is 2. The summed E-state index contributed by atoms with van der Waals surface area (Å²) in [7, 11) is -4.01. The van der Waals surface area contributed by atoms with E-state index in [1.54, 1.807) is 24.3 Å². The van der Waals surface area contributed by atoms with E-state index in [-0.39, 0.29) is 49.1 Å². The highest BCUT2D eigenvalue weighted by Crippen LogP contribution is 2.21. The van der Waals surface area contributed by atoms with Gasteiger partial charge in [0.1, 0.15) is 0 Å². The van der Waals surface area contributed by atoms with Crippen LogP contribution in [0.5, 0.6) is 0 Å². The van der Waals surface area contributed by atoms with Crippen molar-refractivity contribution in [2.45, 2.75) is 24.8 Å². The van der Waals surface area contributed by atoms with Crippen molar-refractivity contribution in [3.05, 3.63) is 59.7 Å². The lowest BCUT2D eigenvalue weighted by Gasteiger charge is -2.34. The fourth-order valence-electron chi connectivity index (χ4n) is 3.26. The van der Waals surface area contributed by atoms with Crippen molar-refractivity contribution in [1.29, 1.82) is 0 Å². The third-order valence-corrected chi connectivity index (χ3v) is 6.74. The summed E-state index contributed by atoms with van der Waals surface area (Å²) >= 11 is 0. The van der Waals surface area contributed by atoms with Gasteiger partial charge in [0.2, 0.25) is 10.0 Å². The molecular formula is C21H24F2N4O4S. The van der Waals surface area contributed by atoms with Gasteiger partial charge in [0.05, 0.1) is 4.90 Å². The Labute approximate surface area is 185 Å². The maximum absolute atomic E-state index is 13.5. The van der Waals surface area contributed by atoms with Crippen LogP contribution in [-0.2, 0) is 10.0 Å². The van der Waals surface area contributed by atoms with E-state index >= 15 is 0 Å². The highest BCUT2D eigenvalue weighted by molar-refractivity contribution is 7.89. The Morgan fingerprint density at radius 3 is 2.28 bits per heavy atom. The molecule has 0 aromatic heterocycles. The number of hydrogen-bond acceptors (Lipinski definition) is 4. The lowest BCUT2D eigenvalue weighted by atomic mass is 10.1. The number of nitrogens with zero attached hydrogens (tertiary/aromatic N) is 2. The Morgan fingerprint density at radius 1 is 0.969 bits per heavy atom. The molecule has 0 unspecified atom stereocenters. The Hall–Kier alpha value is -3.05. The zero-order chi connectivity index (χ0) is 23.5. The quantitative estimate of drug-likeness (QED) is 0.708. The first-order valence-electron chi connectivity index (χ1n) is 10.00. The molecule has 0 aliphatic carbocycles. The summed E-state index contributed by atoms with van der Waals surface area (Å²) in [6.07, 6.45) is 0. The second-order valence-electron chi connectivity index (χ2n) is 7.61. The number of anilines is 1. The van der Waals surface area contributed by atoms with E-state index in [0.717, 1.165) is 16.4 Å². The summed E-state index contributed by atoms with van der Waals surface area (Å²) in [5.74, 6) is -2.67. The standard InChI is InChI=1S/C21H24F2N4O4S/c1-14(2)24-21(29)25-16-5-3-4-15(12-16)20(28)26-8-10-27(11-9-26)32(30,31)17-6-7-18(22)19(23)13-17/h3-7,12-14H,8-11H2,1-2H3,(H2,24,25,29). The fourth-order valence-corrected chi connectivity index (χ4v) is 4.69. The number of nitrogens with one attached hydrogen (secondary N) is 2. The van der Waals surface area contributed by atoms with Crippen molar-refractivity contribution in [3.8, 4) is 0 Å². The lowest BCUT2D eigenvalue weighted by molar-refractivity contribution is 0.0698. The van der Waals surface area contributed by atoms with E-state index in [1.165, 1.54) is 4.90 Å². The number of rotatable bonds is 5. The van der Waals surface area contributed by atoms with Crippen molar-refractivity contribution >= 4 is 27.6 Å². The number of hydrogen-bond donors (Lipinski definition) is 2. The highest BCUT2D eigenvalue weighted by atomic mass is 32.2. The van der Waals surface area contributed by atoms with Crippen molar-refractivity contribution < 1.29 is 26.8 Å². The smallest absolute Gasteiger partial charge is 0.319 e. The molecule has 0 atom stereocenters. The summed E-state index contributed by atoms with van der Waals surface area (Å²) in [5, 5.41) is 5.35. The van der Waals surface area contributed by atoms with E-state index in [2.05, 4.69) is 10.6 Å². The number of urea groups is 1. The average molecular weight is 467 g/mol. The van der Waals surface area contributed by atoms with Gasteiger partial charge in [-0.15, -0.1) is 0 Å². The molecule has 8 nitrogen and oxygen atoms in total. The molecule has 2 aromatic rings. The first kappa shape index (κ1) is 23.6. The van der Waals surface area contributed by atoms with Gasteiger partial charge < -0.3 is 15.5 Å². The van der Waals surface area contributed by atoms with Crippen molar-refractivity contribution in [3.63, 3.8) is 0 Å². The van der Waals surface area contributed by atoms with Crippen LogP contribution in [0, 0.1) is 11.6 Å². The molecule has 32 heavy (non-hydrogen) atoms. The van der Waals surface area contributed by atoms with Crippen LogP contribution in [0.3, 0.4) is 0 Å². The number of benzene rings is 2. The molecule has 1 fully saturated rings. The number of halogens is 2. The Morgan fingerprint density at radius 2 is 1.66 bits per heavy atom. The zero-order valence-electron chi connectivity index (χ0n) is 17.6. The van der Waals surface area contributed by atoms with Gasteiger partial charge >= 0.3 is 6.03 Å². The molecule has 1 heterocycles. The maximum atomic E-state index is 13.5. The molecule has 1 aliphatic rings. The largest absolute Gasteiger partial charge is 0.336 e. The van der Waals surface area contributed by atoms with Gasteiger partial charge in [-0.3, -0.25) is 4.79 Å². The summed E-state index contributed by atoms with van der Waals surface area (Å²) in [6.45, 7) is 3.95. The molecule has 0 bridgehead atoms. The van der Waals surface area contributed by atoms with Gasteiger partial charge in [0, 0.05) is 43.5 Å². The van der Waals surface area contributed by atoms with Gasteiger partial charge in [0.15, 0.2) is 11.6 Å². The van der Waals surface area contributed by atoms with Gasteiger partial charge in [-0.1, -0.05) is 6.07 Å². The van der Waals surface area contributed by atoms with Gasteiger partial charge in [-0.25, -0.2) is 22.0 Å². The fraction of sp³-hybridized carbons (Fsp3) is 0.333. The first-order chi connectivity index (χ1) is 15.1. The molecule has 3 rings (SSSR count). The van der Waals surface area contributed by atoms with Crippen LogP contribution in [0.4, 0.5) is 19.3 Å². The van der Waals surface area contributed by atoms with Crippen molar-refractivity contribution in [2.24, 2.45) is 0 Å². The second-order valence-corrected chi connectivity index (χ2v) is 9.54. The van der Waals surface area contributed by atoms with Crippen molar-refractivity contribution in [1.82, 2.24) is 14.5 Å². The van der Waals surface area contributed by atoms with E-state index in [9.17, 15) is 26.8 Å². The average Bonchev–Trinajstić information content (AvgIpc) is 2.74. The highest BCUT2D eigenvalue weighted by Gasteiger charge is 2.31. The molecule has 0 saturated carbocycles. The predicted octanol–water partition coefficient (Wildman–Crippen LogP) is 2.64. The topological polar surface area (TPSA) is 98.8 Å². The van der Waals surface area contributed by atoms with Crippen LogP contribution in [0.15, 0.2) is 47.4 Å². The first-order valence-corrected chi connectivity index (χ1v) is 11.4. The van der Waals surface area contributed by atoms with Crippen molar-refractivity contribution in [2.75, 3.05) is 31.5 Å². The van der Waals surface area contributed by atoms with E-state index in [1.807, 2.05) is 13.8 Å². The molecule has 2 N–H and O–H groups in total. The minimum Gasteiger partial charge on any atom is -0.336 e. The molecule has 2 aromatic carbocycles. The number of piperazine rings is 1. The third-order valence-electron chi connectivity index (χ3n) is 4.84. The number of amides is 3. The molecule has 172 valence electrons. The third kappa shape index (κ3) is 5.40. The summed E-state index contributed by atoms with van der Waals surface area (Å²) in [5.41, 5.74) is 0.804. The molecule has 1 saturated heterocycles.